The summed E-state index contributed by atoms with van der Waals surface area (Å²) >= 11 is 0. The SMILES string of the molecule is C=C/C=C(\C(C)=C1\C(O)OC(=O)C1C)C1CCN(CC/C=C\C)CC1. The minimum Gasteiger partial charge on any atom is -0.431 e. The van der Waals surface area contributed by atoms with Crippen LogP contribution in [0, 0.1) is 11.8 Å². The number of carbonyl (C=O) groups is 1. The second-order valence-electron chi connectivity index (χ2n) is 6.92. The van der Waals surface area contributed by atoms with Gasteiger partial charge in [-0.3, -0.25) is 4.79 Å². The summed E-state index contributed by atoms with van der Waals surface area (Å²) in [5.74, 6) is -0.304. The van der Waals surface area contributed by atoms with E-state index < -0.39 is 6.29 Å². The molecule has 0 saturated carbocycles. The molecule has 25 heavy (non-hydrogen) atoms. The lowest BCUT2D eigenvalue weighted by Gasteiger charge is -2.33. The molecule has 2 unspecified atom stereocenters. The molecular formula is C21H31NO3. The average Bonchev–Trinajstić information content (AvgIpc) is 2.85. The van der Waals surface area contributed by atoms with Crippen LogP contribution in [0.5, 0.6) is 0 Å². The van der Waals surface area contributed by atoms with Crippen LogP contribution in [0.1, 0.15) is 40.0 Å². The van der Waals surface area contributed by atoms with E-state index >= 15 is 0 Å². The number of esters is 1. The van der Waals surface area contributed by atoms with Crippen LogP contribution in [0.4, 0.5) is 0 Å². The minimum absolute atomic E-state index is 0.349. The van der Waals surface area contributed by atoms with E-state index in [0.717, 1.165) is 44.5 Å². The van der Waals surface area contributed by atoms with Crippen LogP contribution < -0.4 is 0 Å². The molecule has 138 valence electrons. The zero-order valence-corrected chi connectivity index (χ0v) is 15.7. The fourth-order valence-corrected chi connectivity index (χ4v) is 3.88. The summed E-state index contributed by atoms with van der Waals surface area (Å²) in [5.41, 5.74) is 2.87. The highest BCUT2D eigenvalue weighted by Crippen LogP contribution is 2.36. The predicted molar refractivity (Wildman–Crippen MR) is 101 cm³/mol. The van der Waals surface area contributed by atoms with Gasteiger partial charge in [-0.1, -0.05) is 30.9 Å². The molecule has 0 bridgehead atoms. The molecule has 1 N–H and O–H groups in total. The van der Waals surface area contributed by atoms with Crippen LogP contribution in [0.2, 0.25) is 0 Å². The third-order valence-electron chi connectivity index (χ3n) is 5.35. The van der Waals surface area contributed by atoms with Gasteiger partial charge in [-0.15, -0.1) is 0 Å². The molecule has 0 aromatic carbocycles. The molecule has 2 rings (SSSR count). The van der Waals surface area contributed by atoms with Crippen LogP contribution in [0.25, 0.3) is 0 Å². The smallest absolute Gasteiger partial charge is 0.315 e. The van der Waals surface area contributed by atoms with Crippen molar-refractivity contribution in [3.63, 3.8) is 0 Å². The zero-order valence-electron chi connectivity index (χ0n) is 15.7. The average molecular weight is 345 g/mol. The largest absolute Gasteiger partial charge is 0.431 e. The van der Waals surface area contributed by atoms with Gasteiger partial charge in [0.2, 0.25) is 6.29 Å². The topological polar surface area (TPSA) is 49.8 Å². The van der Waals surface area contributed by atoms with Gasteiger partial charge < -0.3 is 14.7 Å². The first-order valence-corrected chi connectivity index (χ1v) is 9.25. The fraction of sp³-hybridized carbons (Fsp3) is 0.571. The molecule has 4 nitrogen and oxygen atoms in total. The number of allylic oxidation sites excluding steroid dienone is 5. The van der Waals surface area contributed by atoms with Crippen molar-refractivity contribution in [1.29, 1.82) is 0 Å². The second kappa shape index (κ2) is 9.16. The first-order chi connectivity index (χ1) is 12.0. The summed E-state index contributed by atoms with van der Waals surface area (Å²) in [6.07, 6.45) is 10.3. The first kappa shape index (κ1) is 19.7. The van der Waals surface area contributed by atoms with Crippen LogP contribution in [0.3, 0.4) is 0 Å². The molecule has 4 heteroatoms. The maximum Gasteiger partial charge on any atom is 0.315 e. The van der Waals surface area contributed by atoms with E-state index in [4.69, 9.17) is 4.74 Å². The molecule has 2 aliphatic heterocycles. The Morgan fingerprint density at radius 1 is 1.40 bits per heavy atom. The molecule has 2 saturated heterocycles. The van der Waals surface area contributed by atoms with E-state index in [0.29, 0.717) is 11.5 Å². The normalized spacial score (nSPS) is 28.5. The van der Waals surface area contributed by atoms with Crippen molar-refractivity contribution < 1.29 is 14.6 Å². The van der Waals surface area contributed by atoms with E-state index in [9.17, 15) is 9.90 Å². The van der Waals surface area contributed by atoms with Crippen molar-refractivity contribution in [3.05, 3.63) is 47.6 Å². The molecule has 0 radical (unpaired) electrons. The number of aliphatic hydroxyl groups excluding tert-OH is 1. The van der Waals surface area contributed by atoms with Crippen molar-refractivity contribution in [2.45, 2.75) is 46.3 Å². The Morgan fingerprint density at radius 3 is 2.60 bits per heavy atom. The van der Waals surface area contributed by atoms with Gasteiger partial charge in [-0.05, 0) is 70.2 Å². The van der Waals surface area contributed by atoms with Crippen LogP contribution in [0.15, 0.2) is 47.6 Å². The Kier molecular flexibility index (Phi) is 7.21. The molecule has 2 fully saturated rings. The van der Waals surface area contributed by atoms with Crippen LogP contribution >= 0.6 is 0 Å². The molecule has 2 heterocycles. The summed E-state index contributed by atoms with van der Waals surface area (Å²) < 4.78 is 4.99. The Labute approximate surface area is 151 Å². The third kappa shape index (κ3) is 4.71. The summed E-state index contributed by atoms with van der Waals surface area (Å²) in [7, 11) is 0. The predicted octanol–water partition coefficient (Wildman–Crippen LogP) is 3.60. The quantitative estimate of drug-likeness (QED) is 0.454. The second-order valence-corrected chi connectivity index (χ2v) is 6.92. The Hall–Kier alpha value is -1.65. The molecule has 0 amide bonds. The lowest BCUT2D eigenvalue weighted by atomic mass is 9.81. The summed E-state index contributed by atoms with van der Waals surface area (Å²) in [4.78, 5) is 14.3. The van der Waals surface area contributed by atoms with Crippen LogP contribution in [-0.4, -0.2) is 41.9 Å². The summed E-state index contributed by atoms with van der Waals surface area (Å²) in [6.45, 7) is 13.0. The molecule has 0 spiro atoms. The highest BCUT2D eigenvalue weighted by Gasteiger charge is 2.38. The van der Waals surface area contributed by atoms with E-state index in [1.165, 1.54) is 5.57 Å². The number of aliphatic hydroxyl groups is 1. The number of hydrogen-bond acceptors (Lipinski definition) is 4. The van der Waals surface area contributed by atoms with Crippen LogP contribution in [-0.2, 0) is 9.53 Å². The number of carbonyl (C=O) groups excluding carboxylic acids is 1. The lowest BCUT2D eigenvalue weighted by Crippen LogP contribution is -2.35. The minimum atomic E-state index is -1.11. The van der Waals surface area contributed by atoms with E-state index in [-0.39, 0.29) is 11.9 Å². The number of hydrogen-bond donors (Lipinski definition) is 1. The highest BCUT2D eigenvalue weighted by molar-refractivity contribution is 5.79. The fourth-order valence-electron chi connectivity index (χ4n) is 3.88. The molecule has 0 aromatic rings. The Morgan fingerprint density at radius 2 is 2.08 bits per heavy atom. The van der Waals surface area contributed by atoms with Crippen molar-refractivity contribution >= 4 is 5.97 Å². The summed E-state index contributed by atoms with van der Waals surface area (Å²) in [6, 6.07) is 0. The number of likely N-dealkylation sites (tertiary alicyclic amines) is 1. The van der Waals surface area contributed by atoms with Gasteiger partial charge in [-0.2, -0.15) is 0 Å². The molecular weight excluding hydrogens is 314 g/mol. The third-order valence-corrected chi connectivity index (χ3v) is 5.35. The Balaban J connectivity index is 2.11. The van der Waals surface area contributed by atoms with Gasteiger partial charge >= 0.3 is 5.97 Å². The number of piperidine rings is 1. The van der Waals surface area contributed by atoms with Crippen molar-refractivity contribution in [2.75, 3.05) is 19.6 Å². The van der Waals surface area contributed by atoms with Gasteiger partial charge in [0.25, 0.3) is 0 Å². The lowest BCUT2D eigenvalue weighted by molar-refractivity contribution is -0.154. The molecule has 2 aliphatic rings. The zero-order chi connectivity index (χ0) is 18.4. The van der Waals surface area contributed by atoms with Crippen molar-refractivity contribution in [2.24, 2.45) is 11.8 Å². The van der Waals surface area contributed by atoms with Gasteiger partial charge in [0.1, 0.15) is 0 Å². The van der Waals surface area contributed by atoms with E-state index in [2.05, 4.69) is 30.6 Å². The van der Waals surface area contributed by atoms with E-state index in [1.54, 1.807) is 13.0 Å². The number of nitrogens with zero attached hydrogens (tertiary/aromatic N) is 1. The monoisotopic (exact) mass is 345 g/mol. The number of ether oxygens (including phenoxy) is 1. The number of cyclic esters (lactones) is 1. The van der Waals surface area contributed by atoms with Gasteiger partial charge in [0.05, 0.1) is 5.92 Å². The van der Waals surface area contributed by atoms with Gasteiger partial charge in [0.15, 0.2) is 0 Å². The molecule has 0 aromatic heterocycles. The van der Waals surface area contributed by atoms with E-state index in [1.807, 2.05) is 13.0 Å². The number of rotatable bonds is 6. The van der Waals surface area contributed by atoms with Crippen molar-refractivity contribution in [3.8, 4) is 0 Å². The first-order valence-electron chi connectivity index (χ1n) is 9.25. The highest BCUT2D eigenvalue weighted by atomic mass is 16.6. The molecule has 0 aliphatic carbocycles. The molecule has 2 atom stereocenters. The maximum atomic E-state index is 11.8. The van der Waals surface area contributed by atoms with Gasteiger partial charge in [-0.25, -0.2) is 0 Å². The Bertz CT molecular complexity index is 580. The summed E-state index contributed by atoms with van der Waals surface area (Å²) in [5, 5.41) is 10.1. The standard InChI is InChI=1S/C21H31NO3/c1-5-7-8-12-22-13-10-17(11-14-22)18(9-6-2)15(3)19-16(4)20(23)25-21(19)24/h5-7,9,16-17,21,24H,2,8,10-14H2,1,3-4H3/b7-5-,18-9+,19-15+. The maximum absolute atomic E-state index is 11.8. The van der Waals surface area contributed by atoms with Gasteiger partial charge in [0, 0.05) is 12.1 Å². The van der Waals surface area contributed by atoms with Crippen molar-refractivity contribution in [1.82, 2.24) is 4.90 Å².